The van der Waals surface area contributed by atoms with Gasteiger partial charge in [-0.15, -0.1) is 5.67 Å². The molecule has 0 N–H and O–H groups in total. The summed E-state index contributed by atoms with van der Waals surface area (Å²) in [5.41, 5.74) is 2.37. The van der Waals surface area contributed by atoms with E-state index in [1.54, 1.807) is 0 Å². The maximum Gasteiger partial charge on any atom is 0.104 e. The second-order valence-corrected chi connectivity index (χ2v) is 4.46. The minimum Gasteiger partial charge on any atom is -0.378 e. The quantitative estimate of drug-likeness (QED) is 0.330. The lowest BCUT2D eigenvalue weighted by Gasteiger charge is -1.96. The first-order valence-electron chi connectivity index (χ1n) is 4.28. The van der Waals surface area contributed by atoms with Gasteiger partial charge in [0, 0.05) is 6.61 Å². The lowest BCUT2D eigenvalue weighted by Crippen LogP contribution is -2.03. The number of hydrogen-bond acceptors (Lipinski definition) is 2. The molecule has 0 aliphatic carbocycles. The van der Waals surface area contributed by atoms with Crippen LogP contribution < -0.4 is 0 Å². The van der Waals surface area contributed by atoms with Crippen molar-refractivity contribution in [3.63, 3.8) is 0 Å². The van der Waals surface area contributed by atoms with Gasteiger partial charge in [-0.25, -0.2) is 0 Å². The molecule has 1 unspecified atom stereocenters. The molecule has 0 aromatic heterocycles. The molecule has 0 aromatic rings. The van der Waals surface area contributed by atoms with Crippen molar-refractivity contribution in [1.29, 1.82) is 0 Å². The van der Waals surface area contributed by atoms with Crippen LogP contribution in [0.5, 0.6) is 0 Å². The molecule has 1 atom stereocenters. The standard InChI is InChI=1S/C8H16O2Si/c1-2-11-5-3-4-9-6-8-7-10-8/h5,8,11H,2-4,6-7H2,1H3. The molecular weight excluding hydrogens is 156 g/mol. The fraction of sp³-hybridized carbons (Fsp3) is 0.875. The van der Waals surface area contributed by atoms with Gasteiger partial charge in [-0.1, -0.05) is 13.0 Å². The van der Waals surface area contributed by atoms with Gasteiger partial charge in [0.05, 0.1) is 13.2 Å². The largest absolute Gasteiger partial charge is 0.378 e. The second kappa shape index (κ2) is 5.63. The van der Waals surface area contributed by atoms with Crippen molar-refractivity contribution in [2.75, 3.05) is 19.8 Å². The van der Waals surface area contributed by atoms with Crippen molar-refractivity contribution in [2.24, 2.45) is 0 Å². The molecule has 3 heteroatoms. The third kappa shape index (κ3) is 5.30. The molecule has 1 rings (SSSR count). The number of ether oxygens (including phenoxy) is 2. The predicted octanol–water partition coefficient (Wildman–Crippen LogP) is 0.469. The van der Waals surface area contributed by atoms with Crippen molar-refractivity contribution < 1.29 is 9.47 Å². The Hall–Kier alpha value is 0.00688. The van der Waals surface area contributed by atoms with Crippen LogP contribution >= 0.6 is 0 Å². The van der Waals surface area contributed by atoms with Crippen LogP contribution in [-0.2, 0) is 9.47 Å². The zero-order valence-electron chi connectivity index (χ0n) is 7.08. The molecule has 1 heterocycles. The van der Waals surface area contributed by atoms with Crippen LogP contribution in [0.2, 0.25) is 6.04 Å². The average Bonchev–Trinajstić information content (AvgIpc) is 2.80. The number of rotatable bonds is 6. The van der Waals surface area contributed by atoms with E-state index in [4.69, 9.17) is 9.47 Å². The van der Waals surface area contributed by atoms with Crippen LogP contribution in [0.4, 0.5) is 0 Å². The Morgan fingerprint density at radius 2 is 2.55 bits per heavy atom. The molecule has 0 amide bonds. The molecule has 1 aliphatic heterocycles. The zero-order valence-corrected chi connectivity index (χ0v) is 8.24. The highest BCUT2D eigenvalue weighted by atomic mass is 28.2. The predicted molar refractivity (Wildman–Crippen MR) is 48.9 cm³/mol. The minimum absolute atomic E-state index is 0.425. The van der Waals surface area contributed by atoms with Gasteiger partial charge in [0.2, 0.25) is 0 Å². The summed E-state index contributed by atoms with van der Waals surface area (Å²) >= 11 is 0. The molecule has 1 aliphatic rings. The summed E-state index contributed by atoms with van der Waals surface area (Å²) in [6.45, 7) is 4.82. The maximum absolute atomic E-state index is 5.36. The van der Waals surface area contributed by atoms with E-state index in [9.17, 15) is 0 Å². The average molecular weight is 172 g/mol. The van der Waals surface area contributed by atoms with E-state index in [1.165, 1.54) is 6.04 Å². The van der Waals surface area contributed by atoms with Gasteiger partial charge in [0.25, 0.3) is 0 Å². The van der Waals surface area contributed by atoms with Gasteiger partial charge in [-0.3, -0.25) is 0 Å². The third-order valence-corrected chi connectivity index (χ3v) is 2.68. The topological polar surface area (TPSA) is 21.8 Å². The SMILES string of the molecule is CC[SiH]=CCCOCC1CO1. The van der Waals surface area contributed by atoms with E-state index in [2.05, 4.69) is 12.6 Å². The Morgan fingerprint density at radius 1 is 1.73 bits per heavy atom. The smallest absolute Gasteiger partial charge is 0.104 e. The van der Waals surface area contributed by atoms with Crippen LogP contribution in [0.1, 0.15) is 13.3 Å². The van der Waals surface area contributed by atoms with E-state index in [0.717, 1.165) is 26.2 Å². The van der Waals surface area contributed by atoms with Crippen molar-refractivity contribution in [3.05, 3.63) is 0 Å². The van der Waals surface area contributed by atoms with Crippen LogP contribution in [-0.4, -0.2) is 40.7 Å². The molecule has 11 heavy (non-hydrogen) atoms. The summed E-state index contributed by atoms with van der Waals surface area (Å²) in [4.78, 5) is 0. The summed E-state index contributed by atoms with van der Waals surface area (Å²) < 4.78 is 10.4. The normalized spacial score (nSPS) is 22.8. The second-order valence-electron chi connectivity index (χ2n) is 2.70. The van der Waals surface area contributed by atoms with Gasteiger partial charge in [-0.05, 0) is 15.6 Å². The van der Waals surface area contributed by atoms with Gasteiger partial charge in [0.15, 0.2) is 0 Å². The van der Waals surface area contributed by atoms with E-state index < -0.39 is 0 Å². The molecule has 0 radical (unpaired) electrons. The Morgan fingerprint density at radius 3 is 3.18 bits per heavy atom. The number of epoxide rings is 1. The zero-order chi connectivity index (χ0) is 7.94. The highest BCUT2D eigenvalue weighted by Gasteiger charge is 2.21. The lowest BCUT2D eigenvalue weighted by molar-refractivity contribution is 0.123. The van der Waals surface area contributed by atoms with E-state index in [0.29, 0.717) is 15.2 Å². The first-order valence-corrected chi connectivity index (χ1v) is 5.76. The van der Waals surface area contributed by atoms with Gasteiger partial charge >= 0.3 is 0 Å². The van der Waals surface area contributed by atoms with Crippen molar-refractivity contribution in [2.45, 2.75) is 25.5 Å². The van der Waals surface area contributed by atoms with E-state index >= 15 is 0 Å². The van der Waals surface area contributed by atoms with Crippen molar-refractivity contribution >= 4 is 14.8 Å². The fourth-order valence-electron chi connectivity index (χ4n) is 0.815. The van der Waals surface area contributed by atoms with E-state index in [1.807, 2.05) is 0 Å². The van der Waals surface area contributed by atoms with Gasteiger partial charge < -0.3 is 9.47 Å². The van der Waals surface area contributed by atoms with Gasteiger partial charge in [0.1, 0.15) is 6.10 Å². The minimum atomic E-state index is 0.425. The van der Waals surface area contributed by atoms with Crippen molar-refractivity contribution in [3.8, 4) is 0 Å². The highest BCUT2D eigenvalue weighted by molar-refractivity contribution is 6.46. The maximum atomic E-state index is 5.36. The fourth-order valence-corrected chi connectivity index (χ4v) is 1.52. The summed E-state index contributed by atoms with van der Waals surface area (Å²) in [6.07, 6.45) is 1.55. The Bertz CT molecular complexity index is 121. The van der Waals surface area contributed by atoms with Crippen molar-refractivity contribution in [1.82, 2.24) is 0 Å². The summed E-state index contributed by atoms with van der Waals surface area (Å²) in [6, 6.07) is 1.33. The molecule has 0 bridgehead atoms. The molecule has 0 aromatic carbocycles. The molecule has 64 valence electrons. The Labute approximate surface area is 70.3 Å². The highest BCUT2D eigenvalue weighted by Crippen LogP contribution is 2.08. The molecule has 2 nitrogen and oxygen atoms in total. The van der Waals surface area contributed by atoms with Gasteiger partial charge in [-0.2, -0.15) is 0 Å². The van der Waals surface area contributed by atoms with Crippen LogP contribution in [0.25, 0.3) is 0 Å². The monoisotopic (exact) mass is 172 g/mol. The van der Waals surface area contributed by atoms with Crippen LogP contribution in [0.3, 0.4) is 0 Å². The summed E-state index contributed by atoms with van der Waals surface area (Å²) in [5.74, 6) is 0. The summed E-state index contributed by atoms with van der Waals surface area (Å²) in [7, 11) is 0.577. The third-order valence-electron chi connectivity index (χ3n) is 1.54. The molecule has 1 fully saturated rings. The number of hydrogen-bond donors (Lipinski definition) is 0. The molecule has 1 saturated heterocycles. The summed E-state index contributed by atoms with van der Waals surface area (Å²) in [5, 5.41) is 0. The van der Waals surface area contributed by atoms with E-state index in [-0.39, 0.29) is 0 Å². The molecule has 0 spiro atoms. The first-order chi connectivity index (χ1) is 5.43. The lowest BCUT2D eigenvalue weighted by atomic mass is 10.5. The van der Waals surface area contributed by atoms with Crippen LogP contribution in [0, 0.1) is 0 Å². The molecule has 0 saturated carbocycles. The Kier molecular flexibility index (Phi) is 4.66. The van der Waals surface area contributed by atoms with Crippen LogP contribution in [0.15, 0.2) is 0 Å². The first kappa shape index (κ1) is 9.10. The Balaban J connectivity index is 1.76. The molecular formula is C8H16O2Si.